The van der Waals surface area contributed by atoms with Crippen molar-refractivity contribution in [2.45, 2.75) is 6.92 Å². The van der Waals surface area contributed by atoms with Gasteiger partial charge in [-0.05, 0) is 36.8 Å². The molecule has 2 aromatic rings. The molecular weight excluding hydrogens is 326 g/mol. The fourth-order valence-electron chi connectivity index (χ4n) is 2.99. The second-order valence-corrected chi connectivity index (χ2v) is 6.42. The predicted octanol–water partition coefficient (Wildman–Crippen LogP) is 3.13. The van der Waals surface area contributed by atoms with Crippen LogP contribution in [0.2, 0.25) is 0 Å². The van der Waals surface area contributed by atoms with E-state index in [1.807, 2.05) is 24.3 Å². The van der Waals surface area contributed by atoms with Gasteiger partial charge in [-0.15, -0.1) is 0 Å². The molecule has 0 unspecified atom stereocenters. The number of anilines is 1. The molecule has 5 nitrogen and oxygen atoms in total. The summed E-state index contributed by atoms with van der Waals surface area (Å²) in [4.78, 5) is 20.5. The second kappa shape index (κ2) is 8.63. The zero-order valence-corrected chi connectivity index (χ0v) is 15.4. The third-order valence-corrected chi connectivity index (χ3v) is 4.64. The maximum atomic E-state index is 11.3. The summed E-state index contributed by atoms with van der Waals surface area (Å²) >= 11 is 0. The monoisotopic (exact) mass is 351 g/mol. The van der Waals surface area contributed by atoms with Crippen LogP contribution in [0.1, 0.15) is 22.8 Å². The largest absolute Gasteiger partial charge is 0.497 e. The lowest BCUT2D eigenvalue weighted by Gasteiger charge is -2.34. The van der Waals surface area contributed by atoms with Crippen molar-refractivity contribution in [1.82, 2.24) is 9.88 Å². The van der Waals surface area contributed by atoms with E-state index in [2.05, 4.69) is 39.1 Å². The Morgan fingerprint density at radius 1 is 1.12 bits per heavy atom. The van der Waals surface area contributed by atoms with Gasteiger partial charge in [-0.25, -0.2) is 4.98 Å². The van der Waals surface area contributed by atoms with Crippen LogP contribution in [0.4, 0.5) is 5.82 Å². The number of ether oxygens (including phenoxy) is 1. The third-order valence-electron chi connectivity index (χ3n) is 4.64. The minimum absolute atomic E-state index is 0.0533. The number of carbonyl (C=O) groups excluding carboxylic acids is 1. The van der Waals surface area contributed by atoms with Crippen LogP contribution in [0.25, 0.3) is 6.08 Å². The van der Waals surface area contributed by atoms with Gasteiger partial charge in [0.25, 0.3) is 0 Å². The van der Waals surface area contributed by atoms with Crippen LogP contribution in [-0.2, 0) is 0 Å². The number of Topliss-reactive ketones (excluding diaryl/α,β-unsaturated/α-hetero) is 1. The minimum atomic E-state index is 0.0533. The van der Waals surface area contributed by atoms with Gasteiger partial charge in [0.1, 0.15) is 11.6 Å². The molecule has 1 aromatic carbocycles. The summed E-state index contributed by atoms with van der Waals surface area (Å²) in [5.41, 5.74) is 1.84. The molecule has 0 atom stereocenters. The van der Waals surface area contributed by atoms with Gasteiger partial charge in [-0.3, -0.25) is 9.69 Å². The van der Waals surface area contributed by atoms with E-state index >= 15 is 0 Å². The number of pyridine rings is 1. The summed E-state index contributed by atoms with van der Waals surface area (Å²) in [6.45, 7) is 6.41. The maximum absolute atomic E-state index is 11.3. The zero-order valence-electron chi connectivity index (χ0n) is 15.4. The Kier molecular flexibility index (Phi) is 6.02. The number of methoxy groups -OCH3 is 1. The van der Waals surface area contributed by atoms with Gasteiger partial charge in [0.15, 0.2) is 5.78 Å². The molecule has 0 radical (unpaired) electrons. The highest BCUT2D eigenvalue weighted by atomic mass is 16.5. The molecule has 0 saturated carbocycles. The van der Waals surface area contributed by atoms with Gasteiger partial charge in [0.05, 0.1) is 7.11 Å². The quantitative estimate of drug-likeness (QED) is 0.748. The van der Waals surface area contributed by atoms with Gasteiger partial charge in [-0.2, -0.15) is 0 Å². The van der Waals surface area contributed by atoms with Crippen LogP contribution < -0.4 is 9.64 Å². The summed E-state index contributed by atoms with van der Waals surface area (Å²) < 4.78 is 5.17. The molecule has 3 rings (SSSR count). The fraction of sp³-hybridized carbons (Fsp3) is 0.333. The van der Waals surface area contributed by atoms with Gasteiger partial charge >= 0.3 is 0 Å². The normalized spacial score (nSPS) is 15.4. The second-order valence-electron chi connectivity index (χ2n) is 6.42. The van der Waals surface area contributed by atoms with Crippen LogP contribution in [-0.4, -0.2) is 55.5 Å². The molecule has 1 aliphatic heterocycles. The Morgan fingerprint density at radius 2 is 1.85 bits per heavy atom. The smallest absolute Gasteiger partial charge is 0.161 e. The van der Waals surface area contributed by atoms with E-state index in [0.717, 1.165) is 44.3 Å². The molecular formula is C21H25N3O2. The number of piperazine rings is 1. The van der Waals surface area contributed by atoms with Crippen LogP contribution in [0, 0.1) is 0 Å². The standard InChI is InChI=1S/C21H25N3O2/c1-17(25)19-7-10-21(22-16-19)24-14-12-23(13-15-24)11-3-4-18-5-8-20(26-2)9-6-18/h3-10,16H,11-15H2,1-2H3. The van der Waals surface area contributed by atoms with E-state index in [9.17, 15) is 4.79 Å². The van der Waals surface area contributed by atoms with E-state index in [1.165, 1.54) is 5.56 Å². The summed E-state index contributed by atoms with van der Waals surface area (Å²) in [6, 6.07) is 11.9. The van der Waals surface area contributed by atoms with Crippen molar-refractivity contribution in [1.29, 1.82) is 0 Å². The average Bonchev–Trinajstić information content (AvgIpc) is 2.69. The Hall–Kier alpha value is -2.66. The van der Waals surface area contributed by atoms with Crippen molar-refractivity contribution >= 4 is 17.7 Å². The highest BCUT2D eigenvalue weighted by Crippen LogP contribution is 2.15. The van der Waals surface area contributed by atoms with E-state index < -0.39 is 0 Å². The van der Waals surface area contributed by atoms with Crippen LogP contribution in [0.5, 0.6) is 5.75 Å². The molecule has 26 heavy (non-hydrogen) atoms. The van der Waals surface area contributed by atoms with Crippen molar-refractivity contribution in [2.75, 3.05) is 44.7 Å². The number of hydrogen-bond donors (Lipinski definition) is 0. The third kappa shape index (κ3) is 4.70. The number of hydrogen-bond acceptors (Lipinski definition) is 5. The predicted molar refractivity (Wildman–Crippen MR) is 105 cm³/mol. The molecule has 1 aliphatic rings. The highest BCUT2D eigenvalue weighted by molar-refractivity contribution is 5.93. The van der Waals surface area contributed by atoms with E-state index in [1.54, 1.807) is 20.2 Å². The maximum Gasteiger partial charge on any atom is 0.161 e. The molecule has 1 saturated heterocycles. The summed E-state index contributed by atoms with van der Waals surface area (Å²) in [5.74, 6) is 1.88. The topological polar surface area (TPSA) is 45.7 Å². The summed E-state index contributed by atoms with van der Waals surface area (Å²) in [6.07, 6.45) is 6.02. The number of ketones is 1. The van der Waals surface area contributed by atoms with E-state index in [0.29, 0.717) is 5.56 Å². The lowest BCUT2D eigenvalue weighted by atomic mass is 10.2. The first kappa shape index (κ1) is 18.1. The first-order chi connectivity index (χ1) is 12.7. The lowest BCUT2D eigenvalue weighted by molar-refractivity contribution is 0.101. The highest BCUT2D eigenvalue weighted by Gasteiger charge is 2.17. The average molecular weight is 351 g/mol. The number of benzene rings is 1. The van der Waals surface area contributed by atoms with Gasteiger partial charge in [-0.1, -0.05) is 24.3 Å². The summed E-state index contributed by atoms with van der Waals surface area (Å²) in [7, 11) is 1.68. The Labute approximate surface area is 154 Å². The van der Waals surface area contributed by atoms with Crippen molar-refractivity contribution in [3.05, 3.63) is 59.8 Å². The number of rotatable bonds is 6. The molecule has 1 aromatic heterocycles. The Morgan fingerprint density at radius 3 is 2.42 bits per heavy atom. The van der Waals surface area contributed by atoms with Crippen molar-refractivity contribution in [3.63, 3.8) is 0 Å². The number of carbonyl (C=O) groups is 1. The Balaban J connectivity index is 1.47. The Bertz CT molecular complexity index is 746. The molecule has 5 heteroatoms. The van der Waals surface area contributed by atoms with Crippen molar-refractivity contribution in [2.24, 2.45) is 0 Å². The molecule has 2 heterocycles. The SMILES string of the molecule is COc1ccc(C=CCN2CCN(c3ccc(C(C)=O)cn3)CC2)cc1. The van der Waals surface area contributed by atoms with E-state index in [4.69, 9.17) is 4.74 Å². The van der Waals surface area contributed by atoms with Crippen LogP contribution in [0.3, 0.4) is 0 Å². The van der Waals surface area contributed by atoms with Gasteiger partial charge in [0.2, 0.25) is 0 Å². The molecule has 0 spiro atoms. The minimum Gasteiger partial charge on any atom is -0.497 e. The van der Waals surface area contributed by atoms with Crippen LogP contribution >= 0.6 is 0 Å². The molecule has 0 N–H and O–H groups in total. The molecule has 0 amide bonds. The number of aromatic nitrogens is 1. The molecule has 0 aliphatic carbocycles. The fourth-order valence-corrected chi connectivity index (χ4v) is 2.99. The van der Waals surface area contributed by atoms with Gasteiger partial charge in [0, 0.05) is 44.5 Å². The first-order valence-electron chi connectivity index (χ1n) is 8.90. The van der Waals surface area contributed by atoms with Crippen molar-refractivity contribution in [3.8, 4) is 5.75 Å². The summed E-state index contributed by atoms with van der Waals surface area (Å²) in [5, 5.41) is 0. The molecule has 1 fully saturated rings. The van der Waals surface area contributed by atoms with Crippen LogP contribution in [0.15, 0.2) is 48.7 Å². The van der Waals surface area contributed by atoms with E-state index in [-0.39, 0.29) is 5.78 Å². The lowest BCUT2D eigenvalue weighted by Crippen LogP contribution is -2.46. The molecule has 136 valence electrons. The first-order valence-corrected chi connectivity index (χ1v) is 8.90. The van der Waals surface area contributed by atoms with Crippen molar-refractivity contribution < 1.29 is 9.53 Å². The molecule has 0 bridgehead atoms. The zero-order chi connectivity index (χ0) is 18.4. The number of nitrogens with zero attached hydrogens (tertiary/aromatic N) is 3. The van der Waals surface area contributed by atoms with Gasteiger partial charge < -0.3 is 9.64 Å².